The number of aromatic nitrogens is 1. The molecular weight excluding hydrogens is 369 g/mol. The van der Waals surface area contributed by atoms with E-state index in [0.717, 1.165) is 11.8 Å². The molecule has 5 nitrogen and oxygen atoms in total. The number of nitriles is 1. The number of nitrogens with zero attached hydrogens (tertiary/aromatic N) is 2. The average molecular weight is 378 g/mol. The van der Waals surface area contributed by atoms with Crippen LogP contribution in [0, 0.1) is 10.7 Å². The van der Waals surface area contributed by atoms with E-state index in [-0.39, 0.29) is 11.7 Å². The van der Waals surface area contributed by atoms with Crippen molar-refractivity contribution in [3.05, 3.63) is 46.4 Å². The molecular formula is C16H9Cl2N3O2S. The third-order valence-corrected chi connectivity index (χ3v) is 4.21. The number of halogens is 2. The van der Waals surface area contributed by atoms with Crippen molar-refractivity contribution in [1.29, 1.82) is 5.26 Å². The Morgan fingerprint density at radius 1 is 1.29 bits per heavy atom. The summed E-state index contributed by atoms with van der Waals surface area (Å²) in [5.41, 5.74) is 2.34. The number of carbonyl (C=O) groups is 1. The Bertz CT molecular complexity index is 966. The van der Waals surface area contributed by atoms with Crippen molar-refractivity contribution in [2.24, 2.45) is 0 Å². The maximum Gasteiger partial charge on any atom is 0.235 e. The number of thiocyanates is 1. The monoisotopic (exact) mass is 377 g/mol. The van der Waals surface area contributed by atoms with Crippen LogP contribution in [0.1, 0.15) is 0 Å². The zero-order chi connectivity index (χ0) is 17.1. The lowest BCUT2D eigenvalue weighted by molar-refractivity contribution is -0.113. The van der Waals surface area contributed by atoms with Gasteiger partial charge in [0.15, 0.2) is 5.58 Å². The molecule has 1 heterocycles. The molecule has 1 N–H and O–H groups in total. The Labute approximate surface area is 151 Å². The highest BCUT2D eigenvalue weighted by Gasteiger charge is 2.12. The third kappa shape index (κ3) is 3.65. The predicted octanol–water partition coefficient (Wildman–Crippen LogP) is 4.95. The highest BCUT2D eigenvalue weighted by atomic mass is 35.5. The molecule has 120 valence electrons. The van der Waals surface area contributed by atoms with E-state index in [0.29, 0.717) is 38.3 Å². The molecule has 1 aromatic heterocycles. The molecule has 3 rings (SSSR count). The zero-order valence-electron chi connectivity index (χ0n) is 12.0. The maximum absolute atomic E-state index is 11.8. The van der Waals surface area contributed by atoms with E-state index in [4.69, 9.17) is 32.9 Å². The quantitative estimate of drug-likeness (QED) is 0.650. The molecule has 0 aliphatic heterocycles. The molecule has 0 aliphatic carbocycles. The van der Waals surface area contributed by atoms with Crippen LogP contribution in [0.5, 0.6) is 0 Å². The highest BCUT2D eigenvalue weighted by molar-refractivity contribution is 8.04. The molecule has 0 spiro atoms. The van der Waals surface area contributed by atoms with Gasteiger partial charge < -0.3 is 9.73 Å². The lowest BCUT2D eigenvalue weighted by atomic mass is 10.2. The molecule has 0 saturated heterocycles. The fourth-order valence-electron chi connectivity index (χ4n) is 2.06. The minimum absolute atomic E-state index is 0.0262. The van der Waals surface area contributed by atoms with Crippen LogP contribution in [-0.4, -0.2) is 16.6 Å². The van der Waals surface area contributed by atoms with Gasteiger partial charge in [-0.1, -0.05) is 23.2 Å². The second-order valence-corrected chi connectivity index (χ2v) is 6.36. The number of hydrogen-bond donors (Lipinski definition) is 1. The van der Waals surface area contributed by atoms with Crippen LogP contribution in [0.25, 0.3) is 22.6 Å². The zero-order valence-corrected chi connectivity index (χ0v) is 14.4. The molecule has 24 heavy (non-hydrogen) atoms. The Kier molecular flexibility index (Phi) is 4.95. The summed E-state index contributed by atoms with van der Waals surface area (Å²) in [5, 5.41) is 14.0. The van der Waals surface area contributed by atoms with Gasteiger partial charge in [-0.2, -0.15) is 5.26 Å². The summed E-state index contributed by atoms with van der Waals surface area (Å²) >= 11 is 12.9. The van der Waals surface area contributed by atoms with Crippen molar-refractivity contribution in [3.63, 3.8) is 0 Å². The fraction of sp³-hybridized carbons (Fsp3) is 0.0625. The smallest absolute Gasteiger partial charge is 0.235 e. The number of fused-ring (bicyclic) bond motifs is 1. The van der Waals surface area contributed by atoms with E-state index >= 15 is 0 Å². The lowest BCUT2D eigenvalue weighted by Crippen LogP contribution is -2.14. The van der Waals surface area contributed by atoms with Crippen molar-refractivity contribution in [3.8, 4) is 16.9 Å². The van der Waals surface area contributed by atoms with Crippen molar-refractivity contribution in [2.45, 2.75) is 0 Å². The lowest BCUT2D eigenvalue weighted by Gasteiger charge is -2.07. The number of carbonyl (C=O) groups excluding carboxylic acids is 1. The average Bonchev–Trinajstić information content (AvgIpc) is 2.98. The molecule has 0 atom stereocenters. The predicted molar refractivity (Wildman–Crippen MR) is 96.2 cm³/mol. The number of benzene rings is 2. The second kappa shape index (κ2) is 7.14. The fourth-order valence-corrected chi connectivity index (χ4v) is 2.66. The largest absolute Gasteiger partial charge is 0.436 e. The molecule has 0 saturated carbocycles. The van der Waals surface area contributed by atoms with E-state index in [9.17, 15) is 4.79 Å². The molecule has 8 heteroatoms. The van der Waals surface area contributed by atoms with Crippen molar-refractivity contribution >= 4 is 57.7 Å². The summed E-state index contributed by atoms with van der Waals surface area (Å²) in [5.74, 6) is 0.106. The van der Waals surface area contributed by atoms with Gasteiger partial charge in [-0.3, -0.25) is 4.79 Å². The molecule has 3 aromatic rings. The normalized spacial score (nSPS) is 10.5. The van der Waals surface area contributed by atoms with Crippen LogP contribution in [-0.2, 0) is 4.79 Å². The number of nitrogens with one attached hydrogen (secondary N) is 1. The molecule has 0 fully saturated rings. The first-order valence-corrected chi connectivity index (χ1v) is 8.48. The van der Waals surface area contributed by atoms with Crippen LogP contribution in [0.4, 0.5) is 5.69 Å². The van der Waals surface area contributed by atoms with Gasteiger partial charge in [-0.25, -0.2) is 4.98 Å². The third-order valence-electron chi connectivity index (χ3n) is 3.10. The Hall–Kier alpha value is -2.20. The van der Waals surface area contributed by atoms with Gasteiger partial charge in [-0.15, -0.1) is 0 Å². The Morgan fingerprint density at radius 2 is 2.12 bits per heavy atom. The summed E-state index contributed by atoms with van der Waals surface area (Å²) < 4.78 is 5.70. The van der Waals surface area contributed by atoms with E-state index in [1.807, 2.05) is 5.40 Å². The molecule has 2 aromatic carbocycles. The Balaban J connectivity index is 1.92. The van der Waals surface area contributed by atoms with Gasteiger partial charge in [0, 0.05) is 10.6 Å². The van der Waals surface area contributed by atoms with Gasteiger partial charge in [0.1, 0.15) is 10.9 Å². The summed E-state index contributed by atoms with van der Waals surface area (Å²) in [4.78, 5) is 16.1. The molecule has 0 radical (unpaired) electrons. The standard InChI is InChI=1S/C16H9Cl2N3O2S/c17-10-2-4-14-13(6-10)21-16(23-14)9-1-3-11(18)12(5-9)20-15(22)7-24-8-19/h1-6H,7H2,(H,20,22). The van der Waals surface area contributed by atoms with Crippen LogP contribution in [0.3, 0.4) is 0 Å². The Morgan fingerprint density at radius 3 is 2.92 bits per heavy atom. The molecule has 1 amide bonds. The van der Waals surface area contributed by atoms with Gasteiger partial charge in [0.2, 0.25) is 11.8 Å². The van der Waals surface area contributed by atoms with E-state index < -0.39 is 0 Å². The first kappa shape index (κ1) is 16.7. The summed E-state index contributed by atoms with van der Waals surface area (Å²) in [6.07, 6.45) is 0. The van der Waals surface area contributed by atoms with E-state index in [1.54, 1.807) is 36.4 Å². The number of oxazole rings is 1. The van der Waals surface area contributed by atoms with Gasteiger partial charge in [-0.05, 0) is 48.2 Å². The number of rotatable bonds is 4. The SMILES string of the molecule is N#CSCC(=O)Nc1cc(-c2nc3cc(Cl)ccc3o2)ccc1Cl. The van der Waals surface area contributed by atoms with E-state index in [2.05, 4.69) is 10.3 Å². The van der Waals surface area contributed by atoms with Crippen molar-refractivity contribution in [1.82, 2.24) is 4.98 Å². The second-order valence-electron chi connectivity index (χ2n) is 4.75. The molecule has 0 unspecified atom stereocenters. The minimum atomic E-state index is -0.315. The first-order chi connectivity index (χ1) is 11.6. The van der Waals surface area contributed by atoms with Crippen LogP contribution in [0.2, 0.25) is 10.0 Å². The molecule has 0 aliphatic rings. The molecule has 0 bridgehead atoms. The summed E-state index contributed by atoms with van der Waals surface area (Å²) in [6.45, 7) is 0. The minimum Gasteiger partial charge on any atom is -0.436 e. The first-order valence-electron chi connectivity index (χ1n) is 6.73. The van der Waals surface area contributed by atoms with E-state index in [1.165, 1.54) is 0 Å². The summed E-state index contributed by atoms with van der Waals surface area (Å²) in [7, 11) is 0. The number of hydrogen-bond acceptors (Lipinski definition) is 5. The van der Waals surface area contributed by atoms with Gasteiger partial charge in [0.25, 0.3) is 0 Å². The number of anilines is 1. The van der Waals surface area contributed by atoms with Gasteiger partial charge in [0.05, 0.1) is 16.5 Å². The van der Waals surface area contributed by atoms with Crippen molar-refractivity contribution in [2.75, 3.05) is 11.1 Å². The van der Waals surface area contributed by atoms with Crippen molar-refractivity contribution < 1.29 is 9.21 Å². The van der Waals surface area contributed by atoms with Crippen LogP contribution >= 0.6 is 35.0 Å². The van der Waals surface area contributed by atoms with Crippen LogP contribution in [0.15, 0.2) is 40.8 Å². The maximum atomic E-state index is 11.8. The topological polar surface area (TPSA) is 78.9 Å². The van der Waals surface area contributed by atoms with Gasteiger partial charge >= 0.3 is 0 Å². The highest BCUT2D eigenvalue weighted by Crippen LogP contribution is 2.31. The number of thioether (sulfide) groups is 1. The van der Waals surface area contributed by atoms with Crippen LogP contribution < -0.4 is 5.32 Å². The number of amides is 1. The summed E-state index contributed by atoms with van der Waals surface area (Å²) in [6, 6.07) is 10.2.